The third kappa shape index (κ3) is 4.82. The lowest BCUT2D eigenvalue weighted by molar-refractivity contribution is -0.135. The molecule has 3 aromatic heterocycles. The fraction of sp³-hybridized carbons (Fsp3) is 0.320. The van der Waals surface area contributed by atoms with Crippen molar-refractivity contribution >= 4 is 28.5 Å². The number of pyridine rings is 1. The van der Waals surface area contributed by atoms with Crippen molar-refractivity contribution in [1.29, 1.82) is 0 Å². The summed E-state index contributed by atoms with van der Waals surface area (Å²) in [5, 5.41) is 0. The number of imidazole rings is 1. The van der Waals surface area contributed by atoms with Crippen LogP contribution in [0.4, 0.5) is 29.1 Å². The average Bonchev–Trinajstić information content (AvgIpc) is 3.36. The summed E-state index contributed by atoms with van der Waals surface area (Å²) >= 11 is 0. The summed E-state index contributed by atoms with van der Waals surface area (Å²) in [4.78, 5) is 29.3. The molecule has 0 aliphatic carbocycles. The quantitative estimate of drug-likeness (QED) is 0.334. The second kappa shape index (κ2) is 10.1. The lowest BCUT2D eigenvalue weighted by Crippen LogP contribution is -2.61. The molecule has 204 valence electrons. The molecule has 1 aromatic carbocycles. The first-order valence-electron chi connectivity index (χ1n) is 13.5. The third-order valence-corrected chi connectivity index (χ3v) is 6.23. The number of alkyl halides is 2. The minimum Gasteiger partial charge on any atom is -0.494 e. The predicted octanol–water partition coefficient (Wildman–Crippen LogP) is 2.94. The lowest BCUT2D eigenvalue weighted by Gasteiger charge is -2.40. The van der Waals surface area contributed by atoms with Gasteiger partial charge in [0.2, 0.25) is 5.78 Å². The largest absolute Gasteiger partial charge is 0.494 e. The number of carbonyl (C=O) groups excluding carboxylic acids is 1. The number of rotatable bonds is 7. The Morgan fingerprint density at radius 3 is 2.74 bits per heavy atom. The molecule has 1 atom stereocenters. The van der Waals surface area contributed by atoms with E-state index in [9.17, 15) is 18.0 Å². The number of nitrogens with zero attached hydrogens (tertiary/aromatic N) is 6. The molecule has 0 spiro atoms. The summed E-state index contributed by atoms with van der Waals surface area (Å²) in [6.07, 6.45) is -1.47. The number of benzene rings is 1. The van der Waals surface area contributed by atoms with Gasteiger partial charge in [0.05, 0.1) is 45.8 Å². The molecule has 4 N–H and O–H groups in total. The van der Waals surface area contributed by atoms with Gasteiger partial charge < -0.3 is 25.7 Å². The van der Waals surface area contributed by atoms with E-state index in [0.29, 0.717) is 4.90 Å². The summed E-state index contributed by atoms with van der Waals surface area (Å²) in [6.45, 7) is -6.02. The Morgan fingerprint density at radius 1 is 1.21 bits per heavy atom. The number of ether oxygens (including phenoxy) is 1. The van der Waals surface area contributed by atoms with Crippen LogP contribution in [-0.4, -0.2) is 62.4 Å². The van der Waals surface area contributed by atoms with E-state index in [1.807, 2.05) is 0 Å². The Balaban J connectivity index is 1.73. The number of aromatic nitrogens is 5. The molecule has 0 unspecified atom stereocenters. The van der Waals surface area contributed by atoms with Crippen molar-refractivity contribution in [2.45, 2.75) is 31.4 Å². The smallest absolute Gasteiger partial charge is 0.297 e. The molecular formula is C25H24F4N8O2. The number of carbonyl (C=O) groups is 1. The Bertz CT molecular complexity index is 1740. The van der Waals surface area contributed by atoms with E-state index in [1.54, 1.807) is 0 Å². The van der Waals surface area contributed by atoms with Crippen molar-refractivity contribution in [2.24, 2.45) is 5.73 Å². The molecule has 1 saturated heterocycles. The van der Waals surface area contributed by atoms with E-state index in [1.165, 1.54) is 23.3 Å². The molecule has 0 amide bonds. The van der Waals surface area contributed by atoms with Crippen LogP contribution >= 0.6 is 0 Å². The van der Waals surface area contributed by atoms with Crippen LogP contribution in [0.5, 0.6) is 5.75 Å². The molecule has 5 rings (SSSR count). The standard InChI is InChI=1S/C25H24F4N8O2/c1-39-19-7-15(26)14(6-16(19)27)17-5-13(9-37-12-35-20-23(30)33-11-34-24(20)37)18(8-32-17)36-4-2-3-25(31,10-36)21(38)22(28)29/h5-8,11-12,22H,2-4,9-10,31H2,1H3,(H2,30,33,34)/t25-/m1/s1/i4D2,10D2. The van der Waals surface area contributed by atoms with Crippen LogP contribution in [0.3, 0.4) is 0 Å². The average molecular weight is 549 g/mol. The van der Waals surface area contributed by atoms with Crippen molar-refractivity contribution in [1.82, 2.24) is 24.5 Å². The molecule has 14 heteroatoms. The highest BCUT2D eigenvalue weighted by Crippen LogP contribution is 2.34. The number of piperidine rings is 1. The Labute approximate surface area is 225 Å². The topological polar surface area (TPSA) is 138 Å². The third-order valence-electron chi connectivity index (χ3n) is 6.23. The monoisotopic (exact) mass is 548 g/mol. The molecule has 0 radical (unpaired) electrons. The molecule has 0 saturated carbocycles. The number of fused-ring (bicyclic) bond motifs is 1. The Hall–Kier alpha value is -4.33. The number of nitrogens with two attached hydrogens (primary N) is 2. The van der Waals surface area contributed by atoms with Gasteiger partial charge in [0.15, 0.2) is 23.0 Å². The zero-order chi connectivity index (χ0) is 31.5. The van der Waals surface area contributed by atoms with Crippen LogP contribution in [0.2, 0.25) is 0 Å². The molecule has 0 bridgehead atoms. The number of hydrogen-bond acceptors (Lipinski definition) is 9. The van der Waals surface area contributed by atoms with Crippen molar-refractivity contribution in [3.63, 3.8) is 0 Å². The van der Waals surface area contributed by atoms with Crippen LogP contribution < -0.4 is 21.1 Å². The molecule has 1 aliphatic rings. The summed E-state index contributed by atoms with van der Waals surface area (Å²) < 4.78 is 97.7. The van der Waals surface area contributed by atoms with Gasteiger partial charge in [-0.1, -0.05) is 0 Å². The van der Waals surface area contributed by atoms with Gasteiger partial charge in [-0.25, -0.2) is 32.5 Å². The van der Waals surface area contributed by atoms with Gasteiger partial charge in [0.25, 0.3) is 6.43 Å². The lowest BCUT2D eigenvalue weighted by atomic mass is 9.85. The van der Waals surface area contributed by atoms with Gasteiger partial charge in [-0.2, -0.15) is 0 Å². The molecular weight excluding hydrogens is 520 g/mol. The van der Waals surface area contributed by atoms with Gasteiger partial charge >= 0.3 is 0 Å². The Kier molecular flexibility index (Phi) is 5.59. The minimum atomic E-state index is -3.62. The van der Waals surface area contributed by atoms with Crippen LogP contribution in [0.25, 0.3) is 22.4 Å². The number of nitrogen functional groups attached to an aromatic ring is 1. The highest BCUT2D eigenvalue weighted by Gasteiger charge is 2.43. The summed E-state index contributed by atoms with van der Waals surface area (Å²) in [7, 11) is 1.16. The van der Waals surface area contributed by atoms with Crippen molar-refractivity contribution in [3.05, 3.63) is 54.2 Å². The molecule has 39 heavy (non-hydrogen) atoms. The SMILES string of the molecule is [2H]C1([2H])CC[C@](N)(C(=O)C(F)F)C([2H])([2H])N1c1cnc(-c2cc(F)c(OC)cc2F)cc1Cn1cnc2c(N)ncnc21. The number of methoxy groups -OCH3 is 1. The maximum atomic E-state index is 15.0. The first-order valence-corrected chi connectivity index (χ1v) is 11.5. The molecule has 4 aromatic rings. The highest BCUT2D eigenvalue weighted by molar-refractivity contribution is 5.92. The first kappa shape index (κ1) is 21.6. The van der Waals surface area contributed by atoms with Crippen LogP contribution in [-0.2, 0) is 11.3 Å². The fourth-order valence-electron chi connectivity index (χ4n) is 4.22. The van der Waals surface area contributed by atoms with E-state index in [0.717, 1.165) is 25.4 Å². The first-order chi connectivity index (χ1) is 20.1. The van der Waals surface area contributed by atoms with Gasteiger partial charge in [-0.15, -0.1) is 0 Å². The van der Waals surface area contributed by atoms with E-state index in [4.69, 9.17) is 21.7 Å². The van der Waals surface area contributed by atoms with Crippen molar-refractivity contribution in [3.8, 4) is 17.0 Å². The zero-order valence-corrected chi connectivity index (χ0v) is 20.3. The molecule has 10 nitrogen and oxygen atoms in total. The number of Topliss-reactive ketones (excluding diaryl/α,β-unsaturated/α-hetero) is 1. The van der Waals surface area contributed by atoms with Crippen molar-refractivity contribution in [2.75, 3.05) is 30.7 Å². The molecule has 4 heterocycles. The van der Waals surface area contributed by atoms with Gasteiger partial charge in [-0.3, -0.25) is 9.78 Å². The van der Waals surface area contributed by atoms with Gasteiger partial charge in [-0.05, 0) is 30.5 Å². The van der Waals surface area contributed by atoms with Crippen LogP contribution in [0.15, 0.2) is 37.1 Å². The number of anilines is 2. The maximum Gasteiger partial charge on any atom is 0.297 e. The van der Waals surface area contributed by atoms with E-state index in [-0.39, 0.29) is 51.8 Å². The second-order valence-corrected chi connectivity index (χ2v) is 8.71. The summed E-state index contributed by atoms with van der Waals surface area (Å²) in [5.41, 5.74) is 8.82. The Morgan fingerprint density at radius 2 is 2.00 bits per heavy atom. The normalized spacial score (nSPS) is 21.8. The minimum absolute atomic E-state index is 0.0404. The second-order valence-electron chi connectivity index (χ2n) is 8.71. The van der Waals surface area contributed by atoms with E-state index < -0.39 is 55.2 Å². The maximum absolute atomic E-state index is 15.0. The van der Waals surface area contributed by atoms with E-state index in [2.05, 4.69) is 19.9 Å². The highest BCUT2D eigenvalue weighted by atomic mass is 19.3. The van der Waals surface area contributed by atoms with E-state index >= 15 is 4.39 Å². The van der Waals surface area contributed by atoms with Crippen molar-refractivity contribution < 1.29 is 32.6 Å². The van der Waals surface area contributed by atoms with Gasteiger partial charge in [0, 0.05) is 27.4 Å². The van der Waals surface area contributed by atoms with Gasteiger partial charge in [0.1, 0.15) is 17.7 Å². The zero-order valence-electron chi connectivity index (χ0n) is 24.3. The fourth-order valence-corrected chi connectivity index (χ4v) is 4.22. The molecule has 1 aliphatic heterocycles. The predicted molar refractivity (Wildman–Crippen MR) is 134 cm³/mol. The van der Waals surface area contributed by atoms with Crippen LogP contribution in [0.1, 0.15) is 23.9 Å². The summed E-state index contributed by atoms with van der Waals surface area (Å²) in [6, 6.07) is 2.89. The number of halogens is 4. The number of ketones is 1. The number of hydrogen-bond donors (Lipinski definition) is 2. The molecule has 1 fully saturated rings. The summed E-state index contributed by atoms with van der Waals surface area (Å²) in [5.74, 6) is -4.02. The van der Waals surface area contributed by atoms with Crippen LogP contribution in [0, 0.1) is 11.6 Å².